The molecule has 0 spiro atoms. The summed E-state index contributed by atoms with van der Waals surface area (Å²) in [6.45, 7) is 6.95. The summed E-state index contributed by atoms with van der Waals surface area (Å²) in [5.74, 6) is -0.0870. The fraction of sp³-hybridized carbons (Fsp3) is 0.375. The molecule has 0 bridgehead atoms. The molecule has 0 aliphatic rings. The van der Waals surface area contributed by atoms with E-state index < -0.39 is 28.5 Å². The zero-order valence-electron chi connectivity index (χ0n) is 25.5. The summed E-state index contributed by atoms with van der Waals surface area (Å²) in [5, 5.41) is 3.23. The zero-order chi connectivity index (χ0) is 31.7. The van der Waals surface area contributed by atoms with Crippen molar-refractivity contribution >= 4 is 39.1 Å². The first-order chi connectivity index (χ1) is 20.4. The van der Waals surface area contributed by atoms with E-state index in [1.54, 1.807) is 49.6 Å². The molecule has 0 unspecified atom stereocenters. The van der Waals surface area contributed by atoms with Gasteiger partial charge in [-0.25, -0.2) is 8.42 Å². The minimum atomic E-state index is -4.28. The fourth-order valence-electron chi connectivity index (χ4n) is 4.54. The third-order valence-electron chi connectivity index (χ3n) is 7.17. The van der Waals surface area contributed by atoms with Crippen LogP contribution in [0.4, 0.5) is 5.69 Å². The van der Waals surface area contributed by atoms with Crippen LogP contribution in [0, 0.1) is 6.92 Å². The molecule has 2 amide bonds. The highest BCUT2D eigenvalue weighted by molar-refractivity contribution is 7.92. The van der Waals surface area contributed by atoms with Gasteiger partial charge in [0.25, 0.3) is 10.0 Å². The predicted molar refractivity (Wildman–Crippen MR) is 169 cm³/mol. The maximum Gasteiger partial charge on any atom is 0.264 e. The summed E-state index contributed by atoms with van der Waals surface area (Å²) in [5.41, 5.74) is 1.70. The fourth-order valence-corrected chi connectivity index (χ4v) is 6.12. The van der Waals surface area contributed by atoms with Gasteiger partial charge in [0.05, 0.1) is 24.8 Å². The number of rotatable bonds is 14. The summed E-state index contributed by atoms with van der Waals surface area (Å²) < 4.78 is 40.1. The minimum absolute atomic E-state index is 0.00571. The molecule has 43 heavy (non-hydrogen) atoms. The molecule has 0 heterocycles. The van der Waals surface area contributed by atoms with Crippen molar-refractivity contribution in [2.24, 2.45) is 0 Å². The van der Waals surface area contributed by atoms with Gasteiger partial charge in [0.1, 0.15) is 24.1 Å². The van der Waals surface area contributed by atoms with E-state index in [9.17, 15) is 18.0 Å². The van der Waals surface area contributed by atoms with Crippen LogP contribution in [0.3, 0.4) is 0 Å². The quantitative estimate of drug-likeness (QED) is 0.250. The lowest BCUT2D eigenvalue weighted by Crippen LogP contribution is -2.53. The average Bonchev–Trinajstić information content (AvgIpc) is 2.99. The Bertz CT molecular complexity index is 1510. The van der Waals surface area contributed by atoms with Gasteiger partial charge in [0, 0.05) is 17.6 Å². The third-order valence-corrected chi connectivity index (χ3v) is 9.18. The second-order valence-electron chi connectivity index (χ2n) is 10.3. The zero-order valence-corrected chi connectivity index (χ0v) is 27.0. The second kappa shape index (κ2) is 15.1. The normalized spacial score (nSPS) is 12.6. The molecule has 0 saturated heterocycles. The van der Waals surface area contributed by atoms with Gasteiger partial charge in [-0.05, 0) is 74.7 Å². The smallest absolute Gasteiger partial charge is 0.264 e. The summed E-state index contributed by atoms with van der Waals surface area (Å²) in [7, 11) is -1.33. The number of carbonyl (C=O) groups excluding carboxylic acids is 2. The molecule has 0 aliphatic carbocycles. The minimum Gasteiger partial charge on any atom is -0.497 e. The number of sulfonamides is 1. The molecule has 2 atom stereocenters. The Morgan fingerprint density at radius 1 is 0.953 bits per heavy atom. The van der Waals surface area contributed by atoms with E-state index in [4.69, 9.17) is 21.1 Å². The number of benzene rings is 3. The number of nitrogens with zero attached hydrogens (tertiary/aromatic N) is 2. The highest BCUT2D eigenvalue weighted by Crippen LogP contribution is 2.35. The molecule has 232 valence electrons. The van der Waals surface area contributed by atoms with Gasteiger partial charge in [0.2, 0.25) is 11.8 Å². The number of carbonyl (C=O) groups is 2. The number of methoxy groups -OCH3 is 2. The molecule has 0 aliphatic heterocycles. The van der Waals surface area contributed by atoms with Crippen LogP contribution in [0.15, 0.2) is 71.6 Å². The summed E-state index contributed by atoms with van der Waals surface area (Å²) in [6.07, 6.45) is 1.02. The molecule has 9 nitrogen and oxygen atoms in total. The van der Waals surface area contributed by atoms with E-state index in [0.717, 1.165) is 15.4 Å². The number of nitrogens with one attached hydrogen (secondary N) is 1. The van der Waals surface area contributed by atoms with E-state index >= 15 is 0 Å². The van der Waals surface area contributed by atoms with E-state index in [1.165, 1.54) is 30.2 Å². The summed E-state index contributed by atoms with van der Waals surface area (Å²) >= 11 is 6.31. The Labute approximate surface area is 259 Å². The van der Waals surface area contributed by atoms with Crippen LogP contribution < -0.4 is 19.1 Å². The van der Waals surface area contributed by atoms with E-state index in [-0.39, 0.29) is 39.8 Å². The number of anilines is 1. The summed E-state index contributed by atoms with van der Waals surface area (Å²) in [6, 6.07) is 17.1. The van der Waals surface area contributed by atoms with E-state index in [2.05, 4.69) is 5.32 Å². The first-order valence-corrected chi connectivity index (χ1v) is 15.9. The van der Waals surface area contributed by atoms with Crippen LogP contribution in [-0.4, -0.2) is 58.0 Å². The Morgan fingerprint density at radius 2 is 1.65 bits per heavy atom. The topological polar surface area (TPSA) is 105 Å². The SMILES string of the molecule is CC[C@H](C)NC(=O)[C@H](CC)N(Cc1cccc(OC)c1)C(=O)CN(c1cc(Cl)ccc1OC)S(=O)(=O)c1ccc(C)cc1. The molecule has 0 radical (unpaired) electrons. The molecule has 3 aromatic rings. The van der Waals surface area contributed by atoms with Crippen molar-refractivity contribution in [1.82, 2.24) is 10.2 Å². The molecule has 0 saturated carbocycles. The first kappa shape index (κ1) is 33.7. The second-order valence-corrected chi connectivity index (χ2v) is 12.6. The van der Waals surface area contributed by atoms with Crippen LogP contribution in [0.1, 0.15) is 44.7 Å². The van der Waals surface area contributed by atoms with Gasteiger partial charge in [-0.3, -0.25) is 13.9 Å². The molecule has 0 aromatic heterocycles. The Balaban J connectivity index is 2.14. The van der Waals surface area contributed by atoms with Crippen molar-refractivity contribution in [2.45, 2.75) is 64.1 Å². The van der Waals surface area contributed by atoms with Gasteiger partial charge < -0.3 is 19.7 Å². The maximum absolute atomic E-state index is 14.3. The number of halogens is 1. The van der Waals surface area contributed by atoms with Crippen molar-refractivity contribution in [1.29, 1.82) is 0 Å². The number of hydrogen-bond acceptors (Lipinski definition) is 6. The number of aryl methyl sites for hydroxylation is 1. The van der Waals surface area contributed by atoms with Crippen molar-refractivity contribution in [3.8, 4) is 11.5 Å². The average molecular weight is 630 g/mol. The maximum atomic E-state index is 14.3. The Kier molecular flexibility index (Phi) is 11.9. The number of ether oxygens (including phenoxy) is 2. The van der Waals surface area contributed by atoms with Crippen LogP contribution in [0.25, 0.3) is 0 Å². The number of amides is 2. The Morgan fingerprint density at radius 3 is 2.26 bits per heavy atom. The van der Waals surface area contributed by atoms with E-state index in [0.29, 0.717) is 18.6 Å². The van der Waals surface area contributed by atoms with Crippen molar-refractivity contribution < 1.29 is 27.5 Å². The lowest BCUT2D eigenvalue weighted by Gasteiger charge is -2.34. The van der Waals surface area contributed by atoms with Gasteiger partial charge in [-0.1, -0.05) is 55.3 Å². The largest absolute Gasteiger partial charge is 0.497 e. The molecule has 11 heteroatoms. The predicted octanol–water partition coefficient (Wildman–Crippen LogP) is 5.58. The van der Waals surface area contributed by atoms with Crippen molar-refractivity contribution in [3.63, 3.8) is 0 Å². The number of hydrogen-bond donors (Lipinski definition) is 1. The van der Waals surface area contributed by atoms with Gasteiger partial charge in [0.15, 0.2) is 0 Å². The molecular formula is C32H40ClN3O6S. The molecule has 1 N–H and O–H groups in total. The lowest BCUT2D eigenvalue weighted by atomic mass is 10.1. The lowest BCUT2D eigenvalue weighted by molar-refractivity contribution is -0.140. The van der Waals surface area contributed by atoms with E-state index in [1.807, 2.05) is 33.8 Å². The van der Waals surface area contributed by atoms with Gasteiger partial charge in [-0.15, -0.1) is 0 Å². The van der Waals surface area contributed by atoms with Crippen molar-refractivity contribution in [3.05, 3.63) is 82.9 Å². The van der Waals surface area contributed by atoms with Gasteiger partial charge >= 0.3 is 0 Å². The van der Waals surface area contributed by atoms with Crippen LogP contribution in [0.2, 0.25) is 5.02 Å². The molecular weight excluding hydrogens is 590 g/mol. The molecule has 3 aromatic carbocycles. The molecule has 3 rings (SSSR count). The van der Waals surface area contributed by atoms with Crippen LogP contribution in [0.5, 0.6) is 11.5 Å². The van der Waals surface area contributed by atoms with Crippen molar-refractivity contribution in [2.75, 3.05) is 25.1 Å². The Hall–Kier alpha value is -3.76. The third kappa shape index (κ3) is 8.42. The first-order valence-electron chi connectivity index (χ1n) is 14.1. The van der Waals surface area contributed by atoms with Crippen LogP contribution >= 0.6 is 11.6 Å². The molecule has 0 fully saturated rings. The monoisotopic (exact) mass is 629 g/mol. The highest BCUT2D eigenvalue weighted by atomic mass is 35.5. The highest BCUT2D eigenvalue weighted by Gasteiger charge is 2.35. The van der Waals surface area contributed by atoms with Gasteiger partial charge in [-0.2, -0.15) is 0 Å². The summed E-state index contributed by atoms with van der Waals surface area (Å²) in [4.78, 5) is 29.2. The van der Waals surface area contributed by atoms with Crippen LogP contribution in [-0.2, 0) is 26.2 Å². The standard InChI is InChI=1S/C32H40ClN3O6S/c1-7-23(4)34-32(38)28(8-2)35(20-24-10-9-11-26(18-24)41-5)31(37)21-36(29-19-25(33)14-17-30(29)42-6)43(39,40)27-15-12-22(3)13-16-27/h9-19,23,28H,7-8,20-21H2,1-6H3,(H,34,38)/t23-,28-/m0/s1.